The van der Waals surface area contributed by atoms with Crippen LogP contribution in [0, 0.1) is 12.4 Å². The summed E-state index contributed by atoms with van der Waals surface area (Å²) in [7, 11) is 0. The number of nitrogens with zero attached hydrogens (tertiary/aromatic N) is 6. The molecule has 0 spiro atoms. The lowest BCUT2D eigenvalue weighted by Gasteiger charge is -2.27. The summed E-state index contributed by atoms with van der Waals surface area (Å²) in [6.45, 7) is 11.2. The Hall–Kier alpha value is -3.93. The van der Waals surface area contributed by atoms with E-state index in [0.29, 0.717) is 28.4 Å². The Bertz CT molecular complexity index is 1370. The maximum atomic E-state index is 14.7. The maximum Gasteiger partial charge on any atom is 0.229 e. The van der Waals surface area contributed by atoms with Gasteiger partial charge in [-0.15, -0.1) is 0 Å². The summed E-state index contributed by atoms with van der Waals surface area (Å²) in [4.78, 5) is 20.9. The first kappa shape index (κ1) is 21.9. The van der Waals surface area contributed by atoms with Gasteiger partial charge in [0.25, 0.3) is 0 Å². The molecule has 0 radical (unpaired) electrons. The molecule has 0 aliphatic heterocycles. The summed E-state index contributed by atoms with van der Waals surface area (Å²) in [6.07, 6.45) is 6.44. The Morgan fingerprint density at radius 1 is 1.12 bits per heavy atom. The standard InChI is InChI=1S/C25H23FN6O2/c1-14(2)23-31-24(34-32-23)15-4-7-17(8-5-15)33-25-19-10-11-28-21(22(19)29-13-30-25)18-9-6-16(27-3)12-20(18)26/h6,9-15,17H,4-5,7-8H2,1-2H3. The van der Waals surface area contributed by atoms with E-state index in [0.717, 1.165) is 31.5 Å². The van der Waals surface area contributed by atoms with Crippen LogP contribution in [0.1, 0.15) is 63.1 Å². The maximum absolute atomic E-state index is 14.7. The van der Waals surface area contributed by atoms with Crippen molar-refractivity contribution in [2.24, 2.45) is 0 Å². The van der Waals surface area contributed by atoms with E-state index in [4.69, 9.17) is 15.8 Å². The van der Waals surface area contributed by atoms with Crippen LogP contribution in [-0.4, -0.2) is 31.2 Å². The minimum absolute atomic E-state index is 0.00635. The predicted molar refractivity (Wildman–Crippen MR) is 123 cm³/mol. The van der Waals surface area contributed by atoms with Crippen LogP contribution in [0.4, 0.5) is 10.1 Å². The molecule has 1 aliphatic rings. The van der Waals surface area contributed by atoms with Crippen LogP contribution in [0.25, 0.3) is 27.0 Å². The van der Waals surface area contributed by atoms with E-state index in [1.165, 1.54) is 12.4 Å². The number of aromatic nitrogens is 5. The second-order valence-corrected chi connectivity index (χ2v) is 8.75. The number of hydrogen-bond donors (Lipinski definition) is 0. The molecule has 3 heterocycles. The van der Waals surface area contributed by atoms with Gasteiger partial charge in [-0.05, 0) is 37.8 Å². The second-order valence-electron chi connectivity index (χ2n) is 8.75. The van der Waals surface area contributed by atoms with Gasteiger partial charge in [0.1, 0.15) is 23.8 Å². The SMILES string of the molecule is [C-]#[N+]c1ccc(-c2nccc3c(OC4CCC(c5nc(C(C)C)no5)CC4)ncnc23)c(F)c1. The zero-order valence-electron chi connectivity index (χ0n) is 18.9. The van der Waals surface area contributed by atoms with Crippen molar-refractivity contribution in [1.82, 2.24) is 25.1 Å². The van der Waals surface area contributed by atoms with E-state index in [1.54, 1.807) is 24.4 Å². The summed E-state index contributed by atoms with van der Waals surface area (Å²) in [5.74, 6) is 1.85. The molecule has 8 nitrogen and oxygen atoms in total. The number of benzene rings is 1. The number of pyridine rings is 1. The normalized spacial score (nSPS) is 18.2. The van der Waals surface area contributed by atoms with Gasteiger partial charge in [-0.3, -0.25) is 4.98 Å². The molecule has 5 rings (SSSR count). The topological polar surface area (TPSA) is 91.2 Å². The number of rotatable bonds is 5. The van der Waals surface area contributed by atoms with Gasteiger partial charge in [-0.2, -0.15) is 4.98 Å². The molecule has 1 saturated carbocycles. The van der Waals surface area contributed by atoms with Crippen LogP contribution in [0.2, 0.25) is 0 Å². The molecule has 4 aromatic rings. The molecule has 9 heteroatoms. The highest BCUT2D eigenvalue weighted by atomic mass is 19.1. The Kier molecular flexibility index (Phi) is 5.88. The van der Waals surface area contributed by atoms with Crippen molar-refractivity contribution in [3.8, 4) is 17.1 Å². The number of fused-ring (bicyclic) bond motifs is 1. The Morgan fingerprint density at radius 2 is 1.94 bits per heavy atom. The molecule has 3 aromatic heterocycles. The van der Waals surface area contributed by atoms with Crippen LogP contribution in [0.3, 0.4) is 0 Å². The first-order valence-electron chi connectivity index (χ1n) is 11.3. The van der Waals surface area contributed by atoms with Gasteiger partial charge in [-0.1, -0.05) is 31.1 Å². The van der Waals surface area contributed by atoms with E-state index in [-0.39, 0.29) is 29.2 Å². The zero-order valence-corrected chi connectivity index (χ0v) is 18.9. The summed E-state index contributed by atoms with van der Waals surface area (Å²) in [5.41, 5.74) is 1.41. The van der Waals surface area contributed by atoms with Gasteiger partial charge in [0, 0.05) is 23.6 Å². The van der Waals surface area contributed by atoms with Crippen molar-refractivity contribution >= 4 is 16.6 Å². The second kappa shape index (κ2) is 9.14. The highest BCUT2D eigenvalue weighted by Crippen LogP contribution is 2.36. The summed E-state index contributed by atoms with van der Waals surface area (Å²) in [5, 5.41) is 4.75. The van der Waals surface area contributed by atoms with Crippen molar-refractivity contribution in [3.63, 3.8) is 0 Å². The summed E-state index contributed by atoms with van der Waals surface area (Å²) >= 11 is 0. The third kappa shape index (κ3) is 4.19. The molecule has 1 aromatic carbocycles. The zero-order chi connectivity index (χ0) is 23.7. The van der Waals surface area contributed by atoms with Gasteiger partial charge in [0.15, 0.2) is 11.5 Å². The quantitative estimate of drug-likeness (QED) is 0.339. The highest BCUT2D eigenvalue weighted by molar-refractivity contribution is 5.94. The molecule has 1 fully saturated rings. The van der Waals surface area contributed by atoms with Gasteiger partial charge in [-0.25, -0.2) is 19.2 Å². The van der Waals surface area contributed by atoms with Gasteiger partial charge < -0.3 is 9.26 Å². The van der Waals surface area contributed by atoms with Crippen molar-refractivity contribution in [2.45, 2.75) is 57.5 Å². The Labute approximate surface area is 196 Å². The summed E-state index contributed by atoms with van der Waals surface area (Å²) in [6, 6.07) is 6.09. The fraction of sp³-hybridized carbons (Fsp3) is 0.360. The van der Waals surface area contributed by atoms with Gasteiger partial charge in [0.2, 0.25) is 11.8 Å². The number of ether oxygens (including phenoxy) is 1. The van der Waals surface area contributed by atoms with Crippen LogP contribution >= 0.6 is 0 Å². The number of halogens is 1. The van der Waals surface area contributed by atoms with E-state index in [9.17, 15) is 4.39 Å². The highest BCUT2D eigenvalue weighted by Gasteiger charge is 2.28. The largest absolute Gasteiger partial charge is 0.474 e. The predicted octanol–water partition coefficient (Wildman–Crippen LogP) is 5.99. The first-order valence-corrected chi connectivity index (χ1v) is 11.3. The van der Waals surface area contributed by atoms with E-state index < -0.39 is 5.82 Å². The average Bonchev–Trinajstić information content (AvgIpc) is 3.35. The fourth-order valence-electron chi connectivity index (χ4n) is 4.26. The smallest absolute Gasteiger partial charge is 0.229 e. The lowest BCUT2D eigenvalue weighted by atomic mass is 9.87. The minimum atomic E-state index is -0.519. The Morgan fingerprint density at radius 3 is 2.65 bits per heavy atom. The molecular formula is C25H23FN6O2. The monoisotopic (exact) mass is 458 g/mol. The van der Waals surface area contributed by atoms with Crippen LogP contribution in [-0.2, 0) is 0 Å². The Balaban J connectivity index is 1.35. The molecular weight excluding hydrogens is 435 g/mol. The number of hydrogen-bond acceptors (Lipinski definition) is 7. The van der Waals surface area contributed by atoms with Crippen LogP contribution in [0.5, 0.6) is 5.88 Å². The van der Waals surface area contributed by atoms with Gasteiger partial charge >= 0.3 is 0 Å². The van der Waals surface area contributed by atoms with Crippen LogP contribution in [0.15, 0.2) is 41.3 Å². The van der Waals surface area contributed by atoms with Crippen molar-refractivity contribution < 1.29 is 13.7 Å². The van der Waals surface area contributed by atoms with Gasteiger partial charge in [0.05, 0.1) is 17.7 Å². The molecule has 0 unspecified atom stereocenters. The summed E-state index contributed by atoms with van der Waals surface area (Å²) < 4.78 is 26.4. The first-order chi connectivity index (χ1) is 16.5. The van der Waals surface area contributed by atoms with E-state index >= 15 is 0 Å². The molecule has 0 saturated heterocycles. The van der Waals surface area contributed by atoms with E-state index in [2.05, 4.69) is 29.9 Å². The van der Waals surface area contributed by atoms with Crippen molar-refractivity contribution in [2.75, 3.05) is 0 Å². The molecule has 1 aliphatic carbocycles. The lowest BCUT2D eigenvalue weighted by Crippen LogP contribution is -2.24. The molecule has 0 atom stereocenters. The van der Waals surface area contributed by atoms with E-state index in [1.807, 2.05) is 13.8 Å². The molecule has 34 heavy (non-hydrogen) atoms. The third-order valence-electron chi connectivity index (χ3n) is 6.13. The lowest BCUT2D eigenvalue weighted by molar-refractivity contribution is 0.135. The molecule has 0 amide bonds. The fourth-order valence-corrected chi connectivity index (χ4v) is 4.26. The minimum Gasteiger partial charge on any atom is -0.474 e. The third-order valence-corrected chi connectivity index (χ3v) is 6.13. The van der Waals surface area contributed by atoms with Crippen molar-refractivity contribution in [3.05, 3.63) is 65.7 Å². The van der Waals surface area contributed by atoms with Crippen molar-refractivity contribution in [1.29, 1.82) is 0 Å². The molecule has 0 bridgehead atoms. The van der Waals surface area contributed by atoms with Crippen LogP contribution < -0.4 is 4.74 Å². The average molecular weight is 458 g/mol. The molecule has 0 N–H and O–H groups in total. The molecule has 172 valence electrons.